The number of aliphatic carboxylic acids is 1. The van der Waals surface area contributed by atoms with Gasteiger partial charge in [0.25, 0.3) is 0 Å². The first-order valence-corrected chi connectivity index (χ1v) is 3.87. The topological polar surface area (TPSA) is 102 Å². The van der Waals surface area contributed by atoms with Crippen LogP contribution in [0.2, 0.25) is 0 Å². The van der Waals surface area contributed by atoms with Gasteiger partial charge in [0.1, 0.15) is 6.04 Å². The number of rotatable bonds is 4. The minimum atomic E-state index is -1.02. The molecule has 1 aromatic rings. The summed E-state index contributed by atoms with van der Waals surface area (Å²) in [5, 5.41) is 12.0. The van der Waals surface area contributed by atoms with Crippen LogP contribution in [-0.2, 0) is 11.2 Å². The molecule has 0 aromatic carbocycles. The van der Waals surface area contributed by atoms with E-state index >= 15 is 0 Å². The van der Waals surface area contributed by atoms with Gasteiger partial charge in [0.05, 0.1) is 0 Å². The van der Waals surface area contributed by atoms with Gasteiger partial charge in [-0.1, -0.05) is 5.16 Å². The lowest BCUT2D eigenvalue weighted by atomic mass is 10.2. The van der Waals surface area contributed by atoms with E-state index in [9.17, 15) is 4.79 Å². The second-order valence-electron chi connectivity index (χ2n) is 2.72. The molecule has 3 N–H and O–H groups in total. The number of aromatic nitrogens is 2. The highest BCUT2D eigenvalue weighted by atomic mass is 16.5. The molecular formula is C7H11N3O3. The largest absolute Gasteiger partial charge is 0.480 e. The zero-order chi connectivity index (χ0) is 9.84. The second kappa shape index (κ2) is 3.99. The van der Waals surface area contributed by atoms with Crippen molar-refractivity contribution >= 4 is 5.97 Å². The van der Waals surface area contributed by atoms with Crippen molar-refractivity contribution < 1.29 is 14.4 Å². The van der Waals surface area contributed by atoms with Crippen LogP contribution >= 0.6 is 0 Å². The number of carbonyl (C=O) groups is 1. The molecule has 0 aliphatic rings. The van der Waals surface area contributed by atoms with Crippen molar-refractivity contribution in [3.8, 4) is 0 Å². The Morgan fingerprint density at radius 1 is 1.77 bits per heavy atom. The fraction of sp³-hybridized carbons (Fsp3) is 0.571. The van der Waals surface area contributed by atoms with Crippen LogP contribution in [0.25, 0.3) is 0 Å². The fourth-order valence-electron chi connectivity index (χ4n) is 0.844. The molecule has 0 saturated carbocycles. The highest BCUT2D eigenvalue weighted by molar-refractivity contribution is 5.72. The van der Waals surface area contributed by atoms with Crippen molar-refractivity contribution in [1.29, 1.82) is 0 Å². The SMILES string of the molecule is Cc1noc(CC[C@H](N)C(=O)O)n1. The zero-order valence-electron chi connectivity index (χ0n) is 7.23. The summed E-state index contributed by atoms with van der Waals surface area (Å²) in [4.78, 5) is 14.2. The monoisotopic (exact) mass is 185 g/mol. The highest BCUT2D eigenvalue weighted by Crippen LogP contribution is 2.01. The molecule has 0 aliphatic heterocycles. The number of nitrogens with zero attached hydrogens (tertiary/aromatic N) is 2. The summed E-state index contributed by atoms with van der Waals surface area (Å²) in [7, 11) is 0. The minimum absolute atomic E-state index is 0.303. The normalized spacial score (nSPS) is 12.8. The van der Waals surface area contributed by atoms with E-state index in [-0.39, 0.29) is 0 Å². The molecule has 13 heavy (non-hydrogen) atoms. The van der Waals surface area contributed by atoms with Crippen molar-refractivity contribution in [1.82, 2.24) is 10.1 Å². The van der Waals surface area contributed by atoms with Gasteiger partial charge in [-0.3, -0.25) is 4.79 Å². The first-order chi connectivity index (χ1) is 6.09. The van der Waals surface area contributed by atoms with Gasteiger partial charge >= 0.3 is 5.97 Å². The predicted octanol–water partition coefficient (Wildman–Crippen LogP) is -0.277. The number of nitrogens with two attached hydrogens (primary N) is 1. The lowest BCUT2D eigenvalue weighted by Gasteiger charge is -2.01. The average molecular weight is 185 g/mol. The van der Waals surface area contributed by atoms with Crippen LogP contribution in [-0.4, -0.2) is 27.3 Å². The van der Waals surface area contributed by atoms with Crippen LogP contribution in [0.15, 0.2) is 4.52 Å². The summed E-state index contributed by atoms with van der Waals surface area (Å²) < 4.78 is 4.78. The molecule has 0 spiro atoms. The molecule has 1 aromatic heterocycles. The average Bonchev–Trinajstić information content (AvgIpc) is 2.47. The van der Waals surface area contributed by atoms with Gasteiger partial charge < -0.3 is 15.4 Å². The minimum Gasteiger partial charge on any atom is -0.480 e. The van der Waals surface area contributed by atoms with Crippen molar-refractivity contribution in [2.24, 2.45) is 5.73 Å². The smallest absolute Gasteiger partial charge is 0.320 e. The van der Waals surface area contributed by atoms with Crippen LogP contribution < -0.4 is 5.73 Å². The second-order valence-corrected chi connectivity index (χ2v) is 2.72. The summed E-state index contributed by atoms with van der Waals surface area (Å²) in [5.74, 6) is -0.0515. The maximum absolute atomic E-state index is 10.3. The Labute approximate surface area is 74.7 Å². The molecule has 0 fully saturated rings. The van der Waals surface area contributed by atoms with E-state index in [0.29, 0.717) is 24.6 Å². The predicted molar refractivity (Wildman–Crippen MR) is 43.0 cm³/mol. The van der Waals surface area contributed by atoms with Gasteiger partial charge in [0, 0.05) is 6.42 Å². The summed E-state index contributed by atoms with van der Waals surface area (Å²) in [6, 6.07) is -0.868. The number of carboxylic acid groups (broad SMARTS) is 1. The van der Waals surface area contributed by atoms with E-state index in [2.05, 4.69) is 10.1 Å². The maximum atomic E-state index is 10.3. The molecule has 6 nitrogen and oxygen atoms in total. The number of hydrogen-bond acceptors (Lipinski definition) is 5. The maximum Gasteiger partial charge on any atom is 0.320 e. The zero-order valence-corrected chi connectivity index (χ0v) is 7.23. The lowest BCUT2D eigenvalue weighted by molar-refractivity contribution is -0.138. The van der Waals surface area contributed by atoms with Crippen LogP contribution in [0.5, 0.6) is 0 Å². The Morgan fingerprint density at radius 2 is 2.46 bits per heavy atom. The molecule has 72 valence electrons. The van der Waals surface area contributed by atoms with Crippen LogP contribution in [0, 0.1) is 6.92 Å². The van der Waals surface area contributed by atoms with Crippen molar-refractivity contribution in [2.45, 2.75) is 25.8 Å². The molecule has 1 atom stereocenters. The first kappa shape index (κ1) is 9.66. The van der Waals surface area contributed by atoms with E-state index in [4.69, 9.17) is 15.4 Å². The third-order valence-corrected chi connectivity index (χ3v) is 1.56. The Kier molecular flexibility index (Phi) is 2.97. The Bertz CT molecular complexity index is 297. The molecule has 0 aliphatic carbocycles. The van der Waals surface area contributed by atoms with E-state index in [1.54, 1.807) is 6.92 Å². The van der Waals surface area contributed by atoms with Gasteiger partial charge in [-0.2, -0.15) is 4.98 Å². The summed E-state index contributed by atoms with van der Waals surface area (Å²) in [6.07, 6.45) is 0.700. The molecule has 1 rings (SSSR count). The highest BCUT2D eigenvalue weighted by Gasteiger charge is 2.13. The Balaban J connectivity index is 2.39. The molecule has 0 bridgehead atoms. The van der Waals surface area contributed by atoms with E-state index in [0.717, 1.165) is 0 Å². The standard InChI is InChI=1S/C7H11N3O3/c1-4-9-6(13-10-4)3-2-5(8)7(11)12/h5H,2-3,8H2,1H3,(H,11,12)/t5-/m0/s1. The summed E-state index contributed by atoms with van der Waals surface area (Å²) in [6.45, 7) is 1.70. The van der Waals surface area contributed by atoms with Crippen LogP contribution in [0.3, 0.4) is 0 Å². The molecule has 1 heterocycles. The molecule has 0 saturated heterocycles. The van der Waals surface area contributed by atoms with Gasteiger partial charge in [-0.15, -0.1) is 0 Å². The van der Waals surface area contributed by atoms with Crippen molar-refractivity contribution in [2.75, 3.05) is 0 Å². The third-order valence-electron chi connectivity index (χ3n) is 1.56. The Hall–Kier alpha value is -1.43. The first-order valence-electron chi connectivity index (χ1n) is 3.87. The quantitative estimate of drug-likeness (QED) is 0.668. The Morgan fingerprint density at radius 3 is 2.92 bits per heavy atom. The van der Waals surface area contributed by atoms with Crippen molar-refractivity contribution in [3.05, 3.63) is 11.7 Å². The molecule has 6 heteroatoms. The molecule has 0 unspecified atom stereocenters. The van der Waals surface area contributed by atoms with Crippen molar-refractivity contribution in [3.63, 3.8) is 0 Å². The van der Waals surface area contributed by atoms with Gasteiger partial charge in [-0.05, 0) is 13.3 Å². The van der Waals surface area contributed by atoms with Crippen LogP contribution in [0.4, 0.5) is 0 Å². The summed E-state index contributed by atoms with van der Waals surface area (Å²) in [5.41, 5.74) is 5.28. The molecular weight excluding hydrogens is 174 g/mol. The van der Waals surface area contributed by atoms with E-state index in [1.165, 1.54) is 0 Å². The fourth-order valence-corrected chi connectivity index (χ4v) is 0.844. The van der Waals surface area contributed by atoms with Gasteiger partial charge in [0.2, 0.25) is 5.89 Å². The number of aryl methyl sites for hydroxylation is 2. The van der Waals surface area contributed by atoms with Gasteiger partial charge in [0.15, 0.2) is 5.82 Å². The third kappa shape index (κ3) is 2.83. The molecule has 0 radical (unpaired) electrons. The van der Waals surface area contributed by atoms with E-state index < -0.39 is 12.0 Å². The molecule has 0 amide bonds. The van der Waals surface area contributed by atoms with Gasteiger partial charge in [-0.25, -0.2) is 0 Å². The van der Waals surface area contributed by atoms with Crippen LogP contribution in [0.1, 0.15) is 18.1 Å². The number of hydrogen-bond donors (Lipinski definition) is 2. The summed E-state index contributed by atoms with van der Waals surface area (Å²) >= 11 is 0. The number of carboxylic acids is 1. The lowest BCUT2D eigenvalue weighted by Crippen LogP contribution is -2.30. The van der Waals surface area contributed by atoms with E-state index in [1.807, 2.05) is 0 Å².